The Morgan fingerprint density at radius 1 is 1.10 bits per heavy atom. The third-order valence-electron chi connectivity index (χ3n) is 5.82. The third kappa shape index (κ3) is 3.40. The minimum absolute atomic E-state index is 0.0399. The van der Waals surface area contributed by atoms with Gasteiger partial charge in [0.05, 0.1) is 11.4 Å². The first-order chi connectivity index (χ1) is 14.0. The minimum atomic E-state index is -1.02. The molecule has 1 saturated heterocycles. The average molecular weight is 407 g/mol. The van der Waals surface area contributed by atoms with Gasteiger partial charge in [-0.2, -0.15) is 0 Å². The van der Waals surface area contributed by atoms with Crippen molar-refractivity contribution in [2.24, 2.45) is 5.92 Å². The van der Waals surface area contributed by atoms with Crippen molar-refractivity contribution in [2.45, 2.75) is 45.6 Å². The first-order valence-electron chi connectivity index (χ1n) is 10.2. The van der Waals surface area contributed by atoms with Crippen LogP contribution >= 0.6 is 0 Å². The summed E-state index contributed by atoms with van der Waals surface area (Å²) in [7, 11) is 0. The van der Waals surface area contributed by atoms with Crippen LogP contribution in [0.4, 0.5) is 17.1 Å². The third-order valence-corrected chi connectivity index (χ3v) is 5.82. The fourth-order valence-electron chi connectivity index (χ4n) is 3.87. The van der Waals surface area contributed by atoms with Crippen molar-refractivity contribution in [1.29, 1.82) is 0 Å². The Hall–Kier alpha value is -3.02. The molecule has 6 heteroatoms. The molecule has 0 radical (unpaired) electrons. The summed E-state index contributed by atoms with van der Waals surface area (Å²) in [5.74, 6) is -0.935. The molecular formula is C24H27N2O4-. The molecule has 4 rings (SSSR count). The number of hydrogen-bond donors (Lipinski definition) is 0. The molecule has 0 bridgehead atoms. The zero-order valence-corrected chi connectivity index (χ0v) is 18.1. The van der Waals surface area contributed by atoms with E-state index in [1.807, 2.05) is 47.4 Å². The van der Waals surface area contributed by atoms with Gasteiger partial charge in [-0.1, -0.05) is 32.9 Å². The average Bonchev–Trinajstić information content (AvgIpc) is 2.60. The van der Waals surface area contributed by atoms with Crippen LogP contribution in [-0.2, 0) is 15.0 Å². The molecule has 2 aromatic rings. The second-order valence-electron chi connectivity index (χ2n) is 9.63. The van der Waals surface area contributed by atoms with Gasteiger partial charge in [0.2, 0.25) is 0 Å². The van der Waals surface area contributed by atoms with Gasteiger partial charge in [-0.05, 0) is 55.2 Å². The fraction of sp³-hybridized carbons (Fsp3) is 0.417. The van der Waals surface area contributed by atoms with Gasteiger partial charge >= 0.3 is 0 Å². The van der Waals surface area contributed by atoms with E-state index >= 15 is 0 Å². The van der Waals surface area contributed by atoms with Crippen LogP contribution in [0.1, 0.15) is 40.2 Å². The predicted octanol–water partition coefficient (Wildman–Crippen LogP) is 3.01. The van der Waals surface area contributed by atoms with Crippen LogP contribution in [0.3, 0.4) is 0 Å². The summed E-state index contributed by atoms with van der Waals surface area (Å²) in [6, 6.07) is 13.6. The molecule has 0 aromatic heterocycles. The molecule has 1 fully saturated rings. The summed E-state index contributed by atoms with van der Waals surface area (Å²) in [5, 5.41) is 11.0. The molecule has 2 aliphatic heterocycles. The number of ether oxygens (including phenoxy) is 1. The predicted molar refractivity (Wildman–Crippen MR) is 114 cm³/mol. The van der Waals surface area contributed by atoms with E-state index in [-0.39, 0.29) is 11.3 Å². The molecule has 2 aromatic carbocycles. The van der Waals surface area contributed by atoms with E-state index < -0.39 is 17.5 Å². The maximum atomic E-state index is 13.3. The number of carbonyl (C=O) groups excluding carboxylic acids is 2. The minimum Gasteiger partial charge on any atom is -0.550 e. The molecule has 0 saturated carbocycles. The van der Waals surface area contributed by atoms with Crippen LogP contribution in [0.5, 0.6) is 5.75 Å². The highest BCUT2D eigenvalue weighted by atomic mass is 16.5. The van der Waals surface area contributed by atoms with Crippen molar-refractivity contribution in [1.82, 2.24) is 0 Å². The summed E-state index contributed by atoms with van der Waals surface area (Å²) in [5.41, 5.74) is 2.41. The molecule has 30 heavy (non-hydrogen) atoms. The number of carboxylic acid groups (broad SMARTS) is 1. The summed E-state index contributed by atoms with van der Waals surface area (Å²) in [4.78, 5) is 28.0. The van der Waals surface area contributed by atoms with Gasteiger partial charge in [0.15, 0.2) is 5.60 Å². The van der Waals surface area contributed by atoms with E-state index in [0.717, 1.165) is 16.9 Å². The highest BCUT2D eigenvalue weighted by Gasteiger charge is 2.42. The SMILES string of the molecule is CC1(C)Oc2cc(C(C)(C)C)ccc2N(c2cccc(N3CC(C(=O)[O-])C3)c2)C1=O. The van der Waals surface area contributed by atoms with Crippen molar-refractivity contribution in [3.05, 3.63) is 48.0 Å². The first kappa shape index (κ1) is 20.3. The number of hydrogen-bond acceptors (Lipinski definition) is 5. The molecule has 6 nitrogen and oxygen atoms in total. The molecule has 2 aliphatic rings. The number of anilines is 3. The number of fused-ring (bicyclic) bond motifs is 1. The number of benzene rings is 2. The van der Waals surface area contributed by atoms with Crippen LogP contribution in [0.25, 0.3) is 0 Å². The van der Waals surface area contributed by atoms with Gasteiger partial charge in [-0.15, -0.1) is 0 Å². The molecule has 158 valence electrons. The molecule has 2 heterocycles. The Labute approximate surface area is 177 Å². The maximum Gasteiger partial charge on any atom is 0.275 e. The summed E-state index contributed by atoms with van der Waals surface area (Å²) >= 11 is 0. The lowest BCUT2D eigenvalue weighted by Gasteiger charge is -2.42. The van der Waals surface area contributed by atoms with Crippen molar-refractivity contribution in [3.8, 4) is 5.75 Å². The van der Waals surface area contributed by atoms with Crippen molar-refractivity contribution >= 4 is 28.9 Å². The second-order valence-corrected chi connectivity index (χ2v) is 9.63. The molecule has 1 amide bonds. The Bertz CT molecular complexity index is 1020. The normalized spacial score (nSPS) is 18.5. The highest BCUT2D eigenvalue weighted by molar-refractivity contribution is 6.08. The molecule has 0 atom stereocenters. The van der Waals surface area contributed by atoms with Gasteiger partial charge in [0.25, 0.3) is 5.91 Å². The van der Waals surface area contributed by atoms with Crippen molar-refractivity contribution in [3.63, 3.8) is 0 Å². The topological polar surface area (TPSA) is 72.9 Å². The molecule has 0 N–H and O–H groups in total. The Balaban J connectivity index is 1.73. The Kier molecular flexibility index (Phi) is 4.56. The van der Waals surface area contributed by atoms with Gasteiger partial charge in [0, 0.05) is 30.7 Å². The molecule has 0 aliphatic carbocycles. The van der Waals surface area contributed by atoms with Crippen LogP contribution in [0, 0.1) is 5.92 Å². The monoisotopic (exact) mass is 407 g/mol. The van der Waals surface area contributed by atoms with Crippen LogP contribution in [-0.4, -0.2) is 30.6 Å². The summed E-state index contributed by atoms with van der Waals surface area (Å²) < 4.78 is 6.10. The summed E-state index contributed by atoms with van der Waals surface area (Å²) in [6.07, 6.45) is 0. The lowest BCUT2D eigenvalue weighted by Crippen LogP contribution is -2.54. The van der Waals surface area contributed by atoms with Crippen LogP contribution in [0.15, 0.2) is 42.5 Å². The number of carboxylic acids is 1. The van der Waals surface area contributed by atoms with Crippen molar-refractivity contribution in [2.75, 3.05) is 22.9 Å². The molecule has 0 spiro atoms. The van der Waals surface area contributed by atoms with E-state index in [9.17, 15) is 14.7 Å². The summed E-state index contributed by atoms with van der Waals surface area (Å²) in [6.45, 7) is 10.8. The number of carbonyl (C=O) groups is 2. The fourth-order valence-corrected chi connectivity index (χ4v) is 3.87. The van der Waals surface area contributed by atoms with E-state index in [1.165, 1.54) is 0 Å². The number of amides is 1. The number of rotatable bonds is 3. The van der Waals surface area contributed by atoms with E-state index in [4.69, 9.17) is 4.74 Å². The van der Waals surface area contributed by atoms with Gasteiger partial charge in [-0.3, -0.25) is 9.69 Å². The zero-order valence-electron chi connectivity index (χ0n) is 18.1. The van der Waals surface area contributed by atoms with Gasteiger partial charge in [0.1, 0.15) is 5.75 Å². The molecule has 0 unspecified atom stereocenters. The standard InChI is InChI=1S/C24H28N2O4/c1-23(2,3)16-9-10-19-20(11-16)30-24(4,5)22(29)26(19)18-8-6-7-17(12-18)25-13-15(14-25)21(27)28/h6-12,15H,13-14H2,1-5H3,(H,27,28)/p-1. The Morgan fingerprint density at radius 3 is 2.40 bits per heavy atom. The van der Waals surface area contributed by atoms with Gasteiger partial charge < -0.3 is 19.5 Å². The Morgan fingerprint density at radius 2 is 1.77 bits per heavy atom. The van der Waals surface area contributed by atoms with Gasteiger partial charge in [-0.25, -0.2) is 0 Å². The highest BCUT2D eigenvalue weighted by Crippen LogP contribution is 2.44. The number of aliphatic carboxylic acids is 1. The maximum absolute atomic E-state index is 13.3. The first-order valence-corrected chi connectivity index (χ1v) is 10.2. The lowest BCUT2D eigenvalue weighted by molar-refractivity contribution is -0.312. The zero-order chi connectivity index (χ0) is 21.8. The number of nitrogens with zero attached hydrogens (tertiary/aromatic N) is 2. The largest absolute Gasteiger partial charge is 0.550 e. The van der Waals surface area contributed by atoms with E-state index in [2.05, 4.69) is 20.8 Å². The van der Waals surface area contributed by atoms with E-state index in [0.29, 0.717) is 24.5 Å². The van der Waals surface area contributed by atoms with Crippen molar-refractivity contribution < 1.29 is 19.4 Å². The quantitative estimate of drug-likeness (QED) is 0.782. The van der Waals surface area contributed by atoms with Crippen LogP contribution < -0.4 is 19.6 Å². The van der Waals surface area contributed by atoms with E-state index in [1.54, 1.807) is 18.7 Å². The smallest absolute Gasteiger partial charge is 0.275 e. The second kappa shape index (κ2) is 6.76. The lowest BCUT2D eigenvalue weighted by atomic mass is 9.86. The molecular weight excluding hydrogens is 380 g/mol. The van der Waals surface area contributed by atoms with Crippen LogP contribution in [0.2, 0.25) is 0 Å².